The van der Waals surface area contributed by atoms with Crippen LogP contribution in [0.5, 0.6) is 0 Å². The number of aromatic nitrogens is 2. The molecule has 214 valence electrons. The van der Waals surface area contributed by atoms with Gasteiger partial charge in [-0.3, -0.25) is 4.99 Å². The van der Waals surface area contributed by atoms with Gasteiger partial charge in [0.1, 0.15) is 11.7 Å². The molecular weight excluding hydrogens is 599 g/mol. The van der Waals surface area contributed by atoms with Crippen LogP contribution in [0, 0.1) is 17.6 Å². The molecule has 2 N–H and O–H groups in total. The number of aromatic carboxylic acids is 1. The lowest BCUT2D eigenvalue weighted by Crippen LogP contribution is -2.41. The van der Waals surface area contributed by atoms with E-state index in [4.69, 9.17) is 27.9 Å². The number of allylic oxidation sites excluding steroid dienone is 1. The lowest BCUT2D eigenvalue weighted by atomic mass is 9.85. The molecule has 5 rings (SSSR count). The molecule has 1 unspecified atom stereocenters. The maximum atomic E-state index is 14.6. The van der Waals surface area contributed by atoms with Gasteiger partial charge in [-0.15, -0.1) is 11.3 Å². The minimum absolute atomic E-state index is 0.0804. The number of nitrogens with one attached hydrogen (secondary N) is 1. The quantitative estimate of drug-likeness (QED) is 0.198. The van der Waals surface area contributed by atoms with Crippen LogP contribution in [-0.2, 0) is 9.53 Å². The van der Waals surface area contributed by atoms with Gasteiger partial charge in [0.05, 0.1) is 22.9 Å². The average molecular weight is 622 g/mol. The van der Waals surface area contributed by atoms with Crippen molar-refractivity contribution < 1.29 is 28.2 Å². The van der Waals surface area contributed by atoms with Crippen LogP contribution >= 0.6 is 34.5 Å². The first-order valence-corrected chi connectivity index (χ1v) is 14.3. The second-order valence-corrected chi connectivity index (χ2v) is 10.9. The minimum Gasteiger partial charge on any atom is -0.477 e. The van der Waals surface area contributed by atoms with E-state index in [0.717, 1.165) is 6.07 Å². The third-order valence-corrected chi connectivity index (χ3v) is 8.30. The van der Waals surface area contributed by atoms with Gasteiger partial charge in [0.2, 0.25) is 0 Å². The topological polar surface area (TPSA) is 117 Å². The molecule has 0 bridgehead atoms. The van der Waals surface area contributed by atoms with Gasteiger partial charge in [-0.05, 0) is 38.0 Å². The number of hydrogen-bond acceptors (Lipinski definition) is 9. The monoisotopic (exact) mass is 621 g/mol. The van der Waals surface area contributed by atoms with Crippen molar-refractivity contribution in [2.24, 2.45) is 10.9 Å². The van der Waals surface area contributed by atoms with Gasteiger partial charge in [-0.25, -0.2) is 28.3 Å². The van der Waals surface area contributed by atoms with Crippen molar-refractivity contribution in [3.05, 3.63) is 85.2 Å². The van der Waals surface area contributed by atoms with E-state index in [1.807, 2.05) is 4.90 Å². The molecule has 0 spiro atoms. The van der Waals surface area contributed by atoms with Gasteiger partial charge >= 0.3 is 11.9 Å². The molecule has 0 aliphatic carbocycles. The molecule has 4 heterocycles. The maximum Gasteiger partial charge on any atom is 0.354 e. The van der Waals surface area contributed by atoms with Gasteiger partial charge in [0.25, 0.3) is 0 Å². The number of amidine groups is 1. The SMILES string of the molecule is CCOC(=O)C1=C(C2CCN(c3ccc(C(=O)O)nc3Cl)CC2)NC(c2nccs2)=NC1c1ccc(F)c(F)c1Cl. The van der Waals surface area contributed by atoms with E-state index >= 15 is 0 Å². The summed E-state index contributed by atoms with van der Waals surface area (Å²) in [6.07, 6.45) is 2.73. The largest absolute Gasteiger partial charge is 0.477 e. The molecule has 1 aromatic carbocycles. The Morgan fingerprint density at radius 3 is 2.59 bits per heavy atom. The average Bonchev–Trinajstić information content (AvgIpc) is 3.51. The first-order valence-electron chi connectivity index (χ1n) is 12.6. The summed E-state index contributed by atoms with van der Waals surface area (Å²) in [5.41, 5.74) is 1.27. The smallest absolute Gasteiger partial charge is 0.354 e. The number of carboxylic acids is 1. The van der Waals surface area contributed by atoms with E-state index in [9.17, 15) is 23.5 Å². The Hall–Kier alpha value is -3.61. The third-order valence-electron chi connectivity index (χ3n) is 6.86. The molecule has 9 nitrogen and oxygen atoms in total. The summed E-state index contributed by atoms with van der Waals surface area (Å²) in [5, 5.41) is 14.4. The number of nitrogens with zero attached hydrogens (tertiary/aromatic N) is 4. The number of aliphatic imine (C=N–C) groups is 1. The van der Waals surface area contributed by atoms with Crippen molar-refractivity contribution in [1.82, 2.24) is 15.3 Å². The molecule has 1 atom stereocenters. The zero-order chi connectivity index (χ0) is 29.3. The van der Waals surface area contributed by atoms with E-state index in [2.05, 4.69) is 20.3 Å². The van der Waals surface area contributed by atoms with Crippen LogP contribution in [0.1, 0.15) is 46.9 Å². The molecule has 2 aliphatic rings. The van der Waals surface area contributed by atoms with Gasteiger partial charge in [0, 0.05) is 41.8 Å². The summed E-state index contributed by atoms with van der Waals surface area (Å²) < 4.78 is 33.9. The molecule has 14 heteroatoms. The Balaban J connectivity index is 1.53. The number of ether oxygens (including phenoxy) is 1. The highest BCUT2D eigenvalue weighted by Gasteiger charge is 2.38. The first-order chi connectivity index (χ1) is 19.7. The fourth-order valence-corrected chi connectivity index (χ4v) is 6.06. The number of carbonyl (C=O) groups excluding carboxylic acids is 1. The van der Waals surface area contributed by atoms with E-state index in [1.54, 1.807) is 24.6 Å². The Morgan fingerprint density at radius 1 is 1.20 bits per heavy atom. The second-order valence-electron chi connectivity index (χ2n) is 9.23. The molecule has 2 aromatic heterocycles. The van der Waals surface area contributed by atoms with Gasteiger partial charge in [0.15, 0.2) is 27.6 Å². The van der Waals surface area contributed by atoms with Crippen molar-refractivity contribution in [2.45, 2.75) is 25.8 Å². The Bertz CT molecular complexity index is 1560. The summed E-state index contributed by atoms with van der Waals surface area (Å²) in [7, 11) is 0. The summed E-state index contributed by atoms with van der Waals surface area (Å²) in [6, 6.07) is 4.20. The highest BCUT2D eigenvalue weighted by molar-refractivity contribution is 7.11. The zero-order valence-electron chi connectivity index (χ0n) is 21.5. The lowest BCUT2D eigenvalue weighted by molar-refractivity contribution is -0.139. The number of esters is 1. The Morgan fingerprint density at radius 2 is 1.95 bits per heavy atom. The molecule has 1 saturated heterocycles. The normalized spacial score (nSPS) is 17.7. The number of carbonyl (C=O) groups is 2. The van der Waals surface area contributed by atoms with Crippen molar-refractivity contribution in [3.8, 4) is 0 Å². The van der Waals surface area contributed by atoms with Crippen LogP contribution in [0.2, 0.25) is 10.2 Å². The lowest BCUT2D eigenvalue weighted by Gasteiger charge is -2.37. The molecule has 3 aromatic rings. The standard InChI is InChI=1S/C27H23Cl2F2N5O4S/c1-2-40-27(39)18-21(13-7-10-36(11-8-13)17-6-5-16(26(37)38)33-23(17)29)34-24(25-32-9-12-41-25)35-22(18)14-3-4-15(30)20(31)19(14)28/h3-6,9,12-13,22H,2,7-8,10-11H2,1H3,(H,34,35)(H,37,38). The minimum atomic E-state index is -1.23. The molecular formula is C27H23Cl2F2N5O4S. The molecule has 0 amide bonds. The van der Waals surface area contributed by atoms with Crippen LogP contribution in [0.25, 0.3) is 0 Å². The molecule has 1 fully saturated rings. The number of benzene rings is 1. The number of rotatable bonds is 7. The van der Waals surface area contributed by atoms with Gasteiger partial charge in [-0.2, -0.15) is 0 Å². The van der Waals surface area contributed by atoms with Crippen LogP contribution < -0.4 is 10.2 Å². The van der Waals surface area contributed by atoms with Crippen molar-refractivity contribution in [1.29, 1.82) is 0 Å². The van der Waals surface area contributed by atoms with Gasteiger partial charge in [-0.1, -0.05) is 29.3 Å². The second kappa shape index (κ2) is 12.1. The predicted molar refractivity (Wildman–Crippen MR) is 151 cm³/mol. The zero-order valence-corrected chi connectivity index (χ0v) is 23.9. The summed E-state index contributed by atoms with van der Waals surface area (Å²) in [6.45, 7) is 2.79. The molecule has 0 saturated carbocycles. The number of pyridine rings is 1. The van der Waals surface area contributed by atoms with Crippen LogP contribution in [-0.4, -0.2) is 52.5 Å². The van der Waals surface area contributed by atoms with Crippen LogP contribution in [0.3, 0.4) is 0 Å². The maximum absolute atomic E-state index is 14.6. The number of hydrogen-bond donors (Lipinski definition) is 2. The highest BCUT2D eigenvalue weighted by Crippen LogP contribution is 2.41. The van der Waals surface area contributed by atoms with E-state index in [-0.39, 0.29) is 34.5 Å². The van der Waals surface area contributed by atoms with Crippen molar-refractivity contribution in [2.75, 3.05) is 24.6 Å². The Labute approximate surface area is 247 Å². The number of thiazole rings is 1. The first kappa shape index (κ1) is 28.9. The summed E-state index contributed by atoms with van der Waals surface area (Å²) >= 11 is 13.9. The van der Waals surface area contributed by atoms with Gasteiger partial charge < -0.3 is 20.1 Å². The number of halogens is 4. The molecule has 41 heavy (non-hydrogen) atoms. The summed E-state index contributed by atoms with van der Waals surface area (Å²) in [4.78, 5) is 39.6. The summed E-state index contributed by atoms with van der Waals surface area (Å²) in [5.74, 6) is -3.99. The predicted octanol–water partition coefficient (Wildman–Crippen LogP) is 5.65. The van der Waals surface area contributed by atoms with Crippen LogP contribution in [0.4, 0.5) is 14.5 Å². The van der Waals surface area contributed by atoms with E-state index in [0.29, 0.717) is 48.2 Å². The van der Waals surface area contributed by atoms with Crippen molar-refractivity contribution in [3.63, 3.8) is 0 Å². The molecule has 2 aliphatic heterocycles. The Kier molecular flexibility index (Phi) is 8.52. The fraction of sp³-hybridized carbons (Fsp3) is 0.296. The third kappa shape index (κ3) is 5.77. The van der Waals surface area contributed by atoms with Crippen molar-refractivity contribution >= 4 is 58.0 Å². The highest BCUT2D eigenvalue weighted by atomic mass is 35.5. The number of piperidine rings is 1. The molecule has 0 radical (unpaired) electrons. The van der Waals surface area contributed by atoms with Crippen LogP contribution in [0.15, 0.2) is 52.1 Å². The fourth-order valence-electron chi connectivity index (χ4n) is 4.94. The van der Waals surface area contributed by atoms with E-state index in [1.165, 1.54) is 23.5 Å². The number of anilines is 1. The van der Waals surface area contributed by atoms with E-state index < -0.39 is 34.6 Å². The number of carboxylic acid groups (broad SMARTS) is 1.